The SMILES string of the molecule is C[Si](C)(C)CCOCN1C(=O)CCN(Cc2cccn(CC=O)c2=O)C1=O. The van der Waals surface area contributed by atoms with Crippen LogP contribution in [0.2, 0.25) is 25.7 Å². The van der Waals surface area contributed by atoms with E-state index in [9.17, 15) is 19.2 Å². The highest BCUT2D eigenvalue weighted by atomic mass is 28.3. The Morgan fingerprint density at radius 2 is 1.96 bits per heavy atom. The minimum Gasteiger partial charge on any atom is -0.361 e. The summed E-state index contributed by atoms with van der Waals surface area (Å²) in [5.41, 5.74) is 0.0916. The summed E-state index contributed by atoms with van der Waals surface area (Å²) >= 11 is 0. The molecule has 0 spiro atoms. The molecule has 2 rings (SSSR count). The van der Waals surface area contributed by atoms with Gasteiger partial charge >= 0.3 is 6.03 Å². The zero-order chi connectivity index (χ0) is 20.0. The molecule has 1 fully saturated rings. The third-order valence-electron chi connectivity index (χ3n) is 4.35. The Labute approximate surface area is 159 Å². The van der Waals surface area contributed by atoms with Crippen LogP contribution in [0.25, 0.3) is 0 Å². The predicted octanol–water partition coefficient (Wildman–Crippen LogP) is 1.51. The lowest BCUT2D eigenvalue weighted by Gasteiger charge is -2.34. The maximum absolute atomic E-state index is 12.6. The molecular weight excluding hydrogens is 366 g/mol. The van der Waals surface area contributed by atoms with Crippen LogP contribution >= 0.6 is 0 Å². The zero-order valence-corrected chi connectivity index (χ0v) is 17.1. The molecule has 0 saturated carbocycles. The summed E-state index contributed by atoms with van der Waals surface area (Å²) in [5.74, 6) is -0.268. The molecule has 148 valence electrons. The van der Waals surface area contributed by atoms with Crippen LogP contribution in [0.4, 0.5) is 4.79 Å². The number of hydrogen-bond acceptors (Lipinski definition) is 5. The molecule has 0 radical (unpaired) electrons. The first-order valence-electron chi connectivity index (χ1n) is 9.02. The number of nitrogens with zero attached hydrogens (tertiary/aromatic N) is 3. The van der Waals surface area contributed by atoms with E-state index in [0.717, 1.165) is 10.9 Å². The lowest BCUT2D eigenvalue weighted by atomic mass is 10.2. The molecule has 1 aromatic heterocycles. The minimum atomic E-state index is -1.25. The molecule has 1 aromatic rings. The van der Waals surface area contributed by atoms with E-state index in [4.69, 9.17) is 4.74 Å². The Bertz CT molecular complexity index is 756. The van der Waals surface area contributed by atoms with Crippen LogP contribution in [0, 0.1) is 0 Å². The molecule has 1 aliphatic heterocycles. The second kappa shape index (κ2) is 9.09. The molecule has 0 bridgehead atoms. The largest absolute Gasteiger partial charge is 0.361 e. The number of ether oxygens (including phenoxy) is 1. The first kappa shape index (κ1) is 21.0. The van der Waals surface area contributed by atoms with Gasteiger partial charge in [-0.15, -0.1) is 0 Å². The van der Waals surface area contributed by atoms with Gasteiger partial charge in [0.1, 0.15) is 13.0 Å². The molecule has 3 amide bonds. The number of amides is 3. The van der Waals surface area contributed by atoms with Gasteiger partial charge in [-0.3, -0.25) is 9.59 Å². The van der Waals surface area contributed by atoms with Gasteiger partial charge in [-0.2, -0.15) is 0 Å². The zero-order valence-electron chi connectivity index (χ0n) is 16.1. The normalized spacial score (nSPS) is 15.4. The van der Waals surface area contributed by atoms with Gasteiger partial charge in [0.2, 0.25) is 5.91 Å². The van der Waals surface area contributed by atoms with Gasteiger partial charge in [0.05, 0.1) is 13.1 Å². The van der Waals surface area contributed by atoms with Crippen molar-refractivity contribution in [2.45, 2.75) is 45.2 Å². The van der Waals surface area contributed by atoms with Crippen molar-refractivity contribution in [1.82, 2.24) is 14.4 Å². The van der Waals surface area contributed by atoms with E-state index < -0.39 is 14.1 Å². The van der Waals surface area contributed by atoms with Crippen molar-refractivity contribution in [3.8, 4) is 0 Å². The maximum atomic E-state index is 12.6. The third kappa shape index (κ3) is 5.86. The number of aldehydes is 1. The molecule has 0 aromatic carbocycles. The van der Waals surface area contributed by atoms with E-state index >= 15 is 0 Å². The highest BCUT2D eigenvalue weighted by molar-refractivity contribution is 6.76. The third-order valence-corrected chi connectivity index (χ3v) is 6.05. The van der Waals surface area contributed by atoms with Crippen molar-refractivity contribution in [1.29, 1.82) is 0 Å². The molecule has 0 unspecified atom stereocenters. The number of imide groups is 1. The first-order valence-corrected chi connectivity index (χ1v) is 12.7. The summed E-state index contributed by atoms with van der Waals surface area (Å²) in [7, 11) is -1.25. The summed E-state index contributed by atoms with van der Waals surface area (Å²) in [6, 6.07) is 3.79. The monoisotopic (exact) mass is 393 g/mol. The van der Waals surface area contributed by atoms with Crippen molar-refractivity contribution < 1.29 is 19.1 Å². The van der Waals surface area contributed by atoms with Gasteiger partial charge in [-0.05, 0) is 12.1 Å². The fraction of sp³-hybridized carbons (Fsp3) is 0.556. The average Bonchev–Trinajstić information content (AvgIpc) is 2.59. The number of rotatable bonds is 9. The van der Waals surface area contributed by atoms with Gasteiger partial charge in [0.15, 0.2) is 0 Å². The van der Waals surface area contributed by atoms with Crippen LogP contribution in [0.15, 0.2) is 23.1 Å². The van der Waals surface area contributed by atoms with Crippen LogP contribution in [0.3, 0.4) is 0 Å². The summed E-state index contributed by atoms with van der Waals surface area (Å²) in [6.45, 7) is 7.45. The number of carbonyl (C=O) groups excluding carboxylic acids is 3. The molecule has 8 nitrogen and oxygen atoms in total. The lowest BCUT2D eigenvalue weighted by Crippen LogP contribution is -2.53. The van der Waals surface area contributed by atoms with Gasteiger partial charge < -0.3 is 19.0 Å². The molecule has 2 heterocycles. The number of aromatic nitrogens is 1. The van der Waals surface area contributed by atoms with Crippen LogP contribution in [0.1, 0.15) is 12.0 Å². The Balaban J connectivity index is 2.01. The van der Waals surface area contributed by atoms with E-state index in [1.807, 2.05) is 0 Å². The summed E-state index contributed by atoms with van der Waals surface area (Å²) in [4.78, 5) is 50.3. The van der Waals surface area contributed by atoms with Crippen LogP contribution in [0.5, 0.6) is 0 Å². The highest BCUT2D eigenvalue weighted by Gasteiger charge is 2.32. The van der Waals surface area contributed by atoms with Crippen LogP contribution in [-0.2, 0) is 27.4 Å². The smallest absolute Gasteiger partial charge is 0.328 e. The van der Waals surface area contributed by atoms with Crippen LogP contribution < -0.4 is 5.56 Å². The number of pyridine rings is 1. The molecular formula is C18H27N3O5Si. The number of hydrogen-bond donors (Lipinski definition) is 0. The topological polar surface area (TPSA) is 88.9 Å². The van der Waals surface area contributed by atoms with Gasteiger partial charge in [-0.25, -0.2) is 9.69 Å². The predicted molar refractivity (Wildman–Crippen MR) is 103 cm³/mol. The lowest BCUT2D eigenvalue weighted by molar-refractivity contribution is -0.135. The molecule has 0 aliphatic carbocycles. The van der Waals surface area contributed by atoms with E-state index in [1.54, 1.807) is 12.1 Å². The fourth-order valence-electron chi connectivity index (χ4n) is 2.68. The highest BCUT2D eigenvalue weighted by Crippen LogP contribution is 2.14. The second-order valence-electron chi connectivity index (χ2n) is 7.78. The van der Waals surface area contributed by atoms with Crippen molar-refractivity contribution in [2.24, 2.45) is 0 Å². The minimum absolute atomic E-state index is 0.0316. The van der Waals surface area contributed by atoms with Gasteiger partial charge in [0, 0.05) is 39.4 Å². The van der Waals surface area contributed by atoms with Crippen molar-refractivity contribution in [3.63, 3.8) is 0 Å². The van der Waals surface area contributed by atoms with Crippen molar-refractivity contribution in [2.75, 3.05) is 19.9 Å². The molecule has 9 heteroatoms. The summed E-state index contributed by atoms with van der Waals surface area (Å²) in [6.07, 6.45) is 2.37. The van der Waals surface area contributed by atoms with E-state index in [-0.39, 0.29) is 44.3 Å². The van der Waals surface area contributed by atoms with Gasteiger partial charge in [0.25, 0.3) is 5.56 Å². The fourth-order valence-corrected chi connectivity index (χ4v) is 3.44. The Hall–Kier alpha value is -2.26. The number of carbonyl (C=O) groups is 3. The first-order chi connectivity index (χ1) is 12.7. The second-order valence-corrected chi connectivity index (χ2v) is 13.4. The molecule has 0 N–H and O–H groups in total. The summed E-state index contributed by atoms with van der Waals surface area (Å²) in [5, 5.41) is 0. The Morgan fingerprint density at radius 1 is 1.22 bits per heavy atom. The summed E-state index contributed by atoms with van der Waals surface area (Å²) < 4.78 is 6.84. The molecule has 27 heavy (non-hydrogen) atoms. The van der Waals surface area contributed by atoms with Crippen LogP contribution in [-0.4, -0.2) is 60.5 Å². The standard InChI is InChI=1S/C18H27N3O5Si/c1-27(2,3)12-11-26-14-21-16(23)6-8-20(18(21)25)13-15-5-4-7-19(9-10-22)17(15)24/h4-5,7,10H,6,8-9,11-14H2,1-3H3. The Morgan fingerprint density at radius 3 is 2.63 bits per heavy atom. The van der Waals surface area contributed by atoms with Gasteiger partial charge in [-0.1, -0.05) is 25.7 Å². The molecule has 1 saturated heterocycles. The van der Waals surface area contributed by atoms with E-state index in [2.05, 4.69) is 19.6 Å². The van der Waals surface area contributed by atoms with E-state index in [0.29, 0.717) is 18.5 Å². The maximum Gasteiger partial charge on any atom is 0.328 e. The van der Waals surface area contributed by atoms with Crippen molar-refractivity contribution in [3.05, 3.63) is 34.2 Å². The molecule has 1 aliphatic rings. The number of urea groups is 1. The Kier molecular flexibility index (Phi) is 7.09. The average molecular weight is 394 g/mol. The van der Waals surface area contributed by atoms with E-state index in [1.165, 1.54) is 15.7 Å². The quantitative estimate of drug-likeness (QED) is 0.360. The van der Waals surface area contributed by atoms with Crippen molar-refractivity contribution >= 4 is 26.3 Å². The molecule has 0 atom stereocenters.